The van der Waals surface area contributed by atoms with E-state index in [4.69, 9.17) is 32.4 Å². The number of halogens is 2. The van der Waals surface area contributed by atoms with Gasteiger partial charge in [0.15, 0.2) is 4.84 Å². The van der Waals surface area contributed by atoms with Gasteiger partial charge in [0.2, 0.25) is 0 Å². The van der Waals surface area contributed by atoms with Gasteiger partial charge in [0.25, 0.3) is 5.91 Å². The normalized spacial score (nSPS) is 25.4. The first kappa shape index (κ1) is 11.8. The van der Waals surface area contributed by atoms with Crippen molar-refractivity contribution in [3.8, 4) is 0 Å². The summed E-state index contributed by atoms with van der Waals surface area (Å²) < 4.78 is 10.8. The monoisotopic (exact) mass is 263 g/mol. The SMILES string of the molecule is CC1OC(c2ccco2)CN1C(=O)C(Cl)Cl. The Morgan fingerprint density at radius 3 is 2.94 bits per heavy atom. The fourth-order valence-electron chi connectivity index (χ4n) is 1.71. The molecule has 2 atom stereocenters. The number of furan rings is 1. The van der Waals surface area contributed by atoms with Crippen molar-refractivity contribution in [2.75, 3.05) is 6.54 Å². The van der Waals surface area contributed by atoms with E-state index < -0.39 is 4.84 Å². The lowest BCUT2D eigenvalue weighted by molar-refractivity contribution is -0.133. The van der Waals surface area contributed by atoms with Crippen LogP contribution in [0.2, 0.25) is 0 Å². The molecule has 1 aliphatic heterocycles. The zero-order valence-electron chi connectivity index (χ0n) is 8.60. The number of alkyl halides is 2. The van der Waals surface area contributed by atoms with Gasteiger partial charge in [-0.3, -0.25) is 4.79 Å². The first-order chi connectivity index (χ1) is 7.59. The van der Waals surface area contributed by atoms with Crippen LogP contribution < -0.4 is 0 Å². The Kier molecular flexibility index (Phi) is 3.42. The van der Waals surface area contributed by atoms with Gasteiger partial charge in [-0.2, -0.15) is 0 Å². The van der Waals surface area contributed by atoms with E-state index in [0.29, 0.717) is 12.3 Å². The van der Waals surface area contributed by atoms with Gasteiger partial charge < -0.3 is 14.1 Å². The van der Waals surface area contributed by atoms with Crippen LogP contribution in [0.4, 0.5) is 0 Å². The van der Waals surface area contributed by atoms with E-state index in [1.165, 1.54) is 4.90 Å². The fourth-order valence-corrected chi connectivity index (χ4v) is 1.96. The molecule has 88 valence electrons. The molecule has 0 aromatic carbocycles. The topological polar surface area (TPSA) is 42.7 Å². The summed E-state index contributed by atoms with van der Waals surface area (Å²) in [6.07, 6.45) is 0.975. The zero-order valence-corrected chi connectivity index (χ0v) is 10.1. The molecular weight excluding hydrogens is 253 g/mol. The minimum atomic E-state index is -1.05. The molecule has 0 aliphatic carbocycles. The molecule has 1 amide bonds. The summed E-state index contributed by atoms with van der Waals surface area (Å²) in [5.41, 5.74) is 0. The molecule has 2 unspecified atom stereocenters. The second-order valence-electron chi connectivity index (χ2n) is 3.53. The van der Waals surface area contributed by atoms with Crippen molar-refractivity contribution < 1.29 is 13.9 Å². The summed E-state index contributed by atoms with van der Waals surface area (Å²) in [5.74, 6) is 0.354. The molecule has 1 aromatic heterocycles. The Morgan fingerprint density at radius 2 is 2.38 bits per heavy atom. The highest BCUT2D eigenvalue weighted by atomic mass is 35.5. The Hall–Kier alpha value is -0.710. The first-order valence-electron chi connectivity index (χ1n) is 4.87. The lowest BCUT2D eigenvalue weighted by Crippen LogP contribution is -2.37. The van der Waals surface area contributed by atoms with Crippen LogP contribution in [0, 0.1) is 0 Å². The van der Waals surface area contributed by atoms with Crippen LogP contribution >= 0.6 is 23.2 Å². The van der Waals surface area contributed by atoms with Gasteiger partial charge in [0.05, 0.1) is 12.8 Å². The molecule has 0 saturated carbocycles. The van der Waals surface area contributed by atoms with Crippen LogP contribution in [0.25, 0.3) is 0 Å². The van der Waals surface area contributed by atoms with Gasteiger partial charge in [-0.25, -0.2) is 0 Å². The molecule has 1 aromatic rings. The number of carbonyl (C=O) groups excluding carboxylic acids is 1. The Balaban J connectivity index is 2.07. The third-order valence-electron chi connectivity index (χ3n) is 2.49. The van der Waals surface area contributed by atoms with E-state index in [9.17, 15) is 4.79 Å². The maximum Gasteiger partial charge on any atom is 0.257 e. The van der Waals surface area contributed by atoms with E-state index in [0.717, 1.165) is 0 Å². The van der Waals surface area contributed by atoms with Crippen LogP contribution in [-0.2, 0) is 9.53 Å². The van der Waals surface area contributed by atoms with Crippen molar-refractivity contribution in [3.63, 3.8) is 0 Å². The minimum Gasteiger partial charge on any atom is -0.467 e. The predicted molar refractivity (Wildman–Crippen MR) is 59.2 cm³/mol. The van der Waals surface area contributed by atoms with Gasteiger partial charge in [0.1, 0.15) is 18.1 Å². The molecule has 1 fully saturated rings. The third-order valence-corrected chi connectivity index (χ3v) is 2.87. The highest BCUT2D eigenvalue weighted by molar-refractivity contribution is 6.53. The van der Waals surface area contributed by atoms with Crippen molar-refractivity contribution in [2.24, 2.45) is 0 Å². The highest BCUT2D eigenvalue weighted by Gasteiger charge is 2.37. The van der Waals surface area contributed by atoms with Crippen LogP contribution in [0.15, 0.2) is 22.8 Å². The van der Waals surface area contributed by atoms with Crippen LogP contribution in [0.1, 0.15) is 18.8 Å². The maximum atomic E-state index is 11.6. The number of ether oxygens (including phenoxy) is 1. The van der Waals surface area contributed by atoms with E-state index in [2.05, 4.69) is 0 Å². The van der Waals surface area contributed by atoms with Crippen molar-refractivity contribution in [1.29, 1.82) is 0 Å². The zero-order chi connectivity index (χ0) is 11.7. The quantitative estimate of drug-likeness (QED) is 0.770. The van der Waals surface area contributed by atoms with Crippen molar-refractivity contribution in [3.05, 3.63) is 24.2 Å². The van der Waals surface area contributed by atoms with Crippen LogP contribution in [0.3, 0.4) is 0 Å². The van der Waals surface area contributed by atoms with Gasteiger partial charge in [-0.15, -0.1) is 0 Å². The number of amides is 1. The molecule has 2 heterocycles. The molecule has 6 heteroatoms. The molecule has 0 radical (unpaired) electrons. The molecule has 2 rings (SSSR count). The lowest BCUT2D eigenvalue weighted by atomic mass is 10.3. The average molecular weight is 264 g/mol. The molecule has 1 aliphatic rings. The highest BCUT2D eigenvalue weighted by Crippen LogP contribution is 2.30. The van der Waals surface area contributed by atoms with E-state index in [-0.39, 0.29) is 18.2 Å². The van der Waals surface area contributed by atoms with Gasteiger partial charge in [-0.05, 0) is 19.1 Å². The number of carbonyl (C=O) groups is 1. The minimum absolute atomic E-state index is 0.249. The molecule has 0 N–H and O–H groups in total. The predicted octanol–water partition coefficient (Wildman–Crippen LogP) is 2.33. The van der Waals surface area contributed by atoms with E-state index in [1.54, 1.807) is 19.3 Å². The van der Waals surface area contributed by atoms with Crippen LogP contribution in [-0.4, -0.2) is 28.4 Å². The summed E-state index contributed by atoms with van der Waals surface area (Å²) in [6, 6.07) is 3.59. The van der Waals surface area contributed by atoms with Gasteiger partial charge in [-0.1, -0.05) is 23.2 Å². The smallest absolute Gasteiger partial charge is 0.257 e. The standard InChI is InChI=1S/C10H11Cl2NO3/c1-6-13(10(14)9(11)12)5-8(16-6)7-3-2-4-15-7/h2-4,6,8-9H,5H2,1H3. The lowest BCUT2D eigenvalue weighted by Gasteiger charge is -2.19. The molecule has 16 heavy (non-hydrogen) atoms. The molecule has 1 saturated heterocycles. The van der Waals surface area contributed by atoms with Crippen molar-refractivity contribution in [2.45, 2.75) is 24.1 Å². The fraction of sp³-hybridized carbons (Fsp3) is 0.500. The Labute approximate surface area is 103 Å². The average Bonchev–Trinajstić information content (AvgIpc) is 2.84. The second-order valence-corrected chi connectivity index (χ2v) is 4.63. The number of hydrogen-bond donors (Lipinski definition) is 0. The van der Waals surface area contributed by atoms with Crippen molar-refractivity contribution >= 4 is 29.1 Å². The van der Waals surface area contributed by atoms with E-state index in [1.807, 2.05) is 6.07 Å². The summed E-state index contributed by atoms with van der Waals surface area (Å²) in [4.78, 5) is 12.1. The Bertz CT molecular complexity index is 366. The number of hydrogen-bond acceptors (Lipinski definition) is 3. The van der Waals surface area contributed by atoms with Gasteiger partial charge in [0, 0.05) is 0 Å². The maximum absolute atomic E-state index is 11.6. The van der Waals surface area contributed by atoms with Crippen LogP contribution in [0.5, 0.6) is 0 Å². The second kappa shape index (κ2) is 4.65. The Morgan fingerprint density at radius 1 is 1.62 bits per heavy atom. The first-order valence-corrected chi connectivity index (χ1v) is 5.74. The molecule has 0 spiro atoms. The van der Waals surface area contributed by atoms with Crippen molar-refractivity contribution in [1.82, 2.24) is 4.90 Å². The summed E-state index contributed by atoms with van der Waals surface area (Å²) >= 11 is 11.1. The number of nitrogens with zero attached hydrogens (tertiary/aromatic N) is 1. The summed E-state index contributed by atoms with van der Waals surface area (Å²) in [6.45, 7) is 2.18. The number of rotatable bonds is 2. The van der Waals surface area contributed by atoms with E-state index >= 15 is 0 Å². The summed E-state index contributed by atoms with van der Waals surface area (Å²) in [7, 11) is 0. The largest absolute Gasteiger partial charge is 0.467 e. The van der Waals surface area contributed by atoms with Gasteiger partial charge >= 0.3 is 0 Å². The molecule has 4 nitrogen and oxygen atoms in total. The third kappa shape index (κ3) is 2.19. The summed E-state index contributed by atoms with van der Waals surface area (Å²) in [5, 5.41) is 0. The molecular formula is C10H11Cl2NO3. The molecule has 0 bridgehead atoms.